The van der Waals surface area contributed by atoms with Crippen LogP contribution in [0.1, 0.15) is 18.6 Å². The van der Waals surface area contributed by atoms with Gasteiger partial charge in [0.2, 0.25) is 0 Å². The zero-order valence-electron chi connectivity index (χ0n) is 13.4. The van der Waals surface area contributed by atoms with Crippen molar-refractivity contribution in [3.8, 4) is 0 Å². The molecule has 24 heavy (non-hydrogen) atoms. The smallest absolute Gasteiger partial charge is 0.140 e. The molecule has 0 bridgehead atoms. The van der Waals surface area contributed by atoms with Gasteiger partial charge < -0.3 is 9.64 Å². The average Bonchev–Trinajstić information content (AvgIpc) is 2.61. The molecule has 0 spiro atoms. The van der Waals surface area contributed by atoms with Crippen LogP contribution in [0.5, 0.6) is 0 Å². The summed E-state index contributed by atoms with van der Waals surface area (Å²) in [6, 6.07) is 14.5. The van der Waals surface area contributed by atoms with E-state index in [1.165, 1.54) is 12.1 Å². The number of fused-ring (bicyclic) bond motifs is 1. The zero-order valence-corrected chi connectivity index (χ0v) is 13.4. The Kier molecular flexibility index (Phi) is 3.86. The Balaban J connectivity index is 1.68. The van der Waals surface area contributed by atoms with E-state index < -0.39 is 0 Å². The molecule has 1 aromatic heterocycles. The van der Waals surface area contributed by atoms with Gasteiger partial charge in [0.15, 0.2) is 0 Å². The molecule has 0 amide bonds. The van der Waals surface area contributed by atoms with Crippen molar-refractivity contribution < 1.29 is 9.13 Å². The minimum absolute atomic E-state index is 0.0579. The Morgan fingerprint density at radius 2 is 1.83 bits per heavy atom. The average molecular weight is 323 g/mol. The molecule has 0 aliphatic carbocycles. The van der Waals surface area contributed by atoms with E-state index in [-0.39, 0.29) is 18.0 Å². The fourth-order valence-electron chi connectivity index (χ4n) is 3.23. The second-order valence-electron chi connectivity index (χ2n) is 6.11. The molecule has 1 saturated heterocycles. The molecule has 2 aromatic carbocycles. The van der Waals surface area contributed by atoms with E-state index in [9.17, 15) is 4.39 Å². The van der Waals surface area contributed by atoms with Gasteiger partial charge in [-0.25, -0.2) is 14.4 Å². The van der Waals surface area contributed by atoms with Gasteiger partial charge in [-0.2, -0.15) is 0 Å². The molecule has 3 aromatic rings. The summed E-state index contributed by atoms with van der Waals surface area (Å²) >= 11 is 0. The summed E-state index contributed by atoms with van der Waals surface area (Å²) in [4.78, 5) is 11.1. The Morgan fingerprint density at radius 1 is 1.04 bits per heavy atom. The van der Waals surface area contributed by atoms with E-state index in [4.69, 9.17) is 4.74 Å². The number of halogens is 1. The van der Waals surface area contributed by atoms with Crippen molar-refractivity contribution >= 4 is 16.7 Å². The van der Waals surface area contributed by atoms with Crippen molar-refractivity contribution in [1.29, 1.82) is 0 Å². The van der Waals surface area contributed by atoms with Gasteiger partial charge in [-0.3, -0.25) is 0 Å². The lowest BCUT2D eigenvalue weighted by Gasteiger charge is -2.38. The predicted octanol–water partition coefficient (Wildman–Crippen LogP) is 3.74. The molecule has 1 aliphatic heterocycles. The third kappa shape index (κ3) is 2.83. The van der Waals surface area contributed by atoms with E-state index in [1.54, 1.807) is 18.5 Å². The van der Waals surface area contributed by atoms with Gasteiger partial charge in [0.05, 0.1) is 11.6 Å². The second kappa shape index (κ2) is 6.17. The highest BCUT2D eigenvalue weighted by molar-refractivity contribution is 5.89. The number of hydrogen-bond donors (Lipinski definition) is 0. The first-order valence-corrected chi connectivity index (χ1v) is 8.06. The molecule has 2 heterocycles. The van der Waals surface area contributed by atoms with Crippen molar-refractivity contribution in [2.45, 2.75) is 19.1 Å². The molecule has 2 unspecified atom stereocenters. The van der Waals surface area contributed by atoms with Gasteiger partial charge >= 0.3 is 0 Å². The molecular weight excluding hydrogens is 305 g/mol. The molecule has 5 heteroatoms. The molecule has 4 rings (SSSR count). The minimum Gasteiger partial charge on any atom is -0.367 e. The summed E-state index contributed by atoms with van der Waals surface area (Å²) in [5.41, 5.74) is 1.91. The number of morpholine rings is 1. The van der Waals surface area contributed by atoms with Crippen LogP contribution in [0.15, 0.2) is 54.9 Å². The summed E-state index contributed by atoms with van der Waals surface area (Å²) in [5, 5.41) is 1.03. The fourth-order valence-corrected chi connectivity index (χ4v) is 3.23. The summed E-state index contributed by atoms with van der Waals surface area (Å²) in [5.74, 6) is 0.684. The molecular formula is C19H18FN3O. The zero-order chi connectivity index (χ0) is 16.5. The van der Waals surface area contributed by atoms with Crippen molar-refractivity contribution in [3.63, 3.8) is 0 Å². The van der Waals surface area contributed by atoms with Crippen LogP contribution in [0.3, 0.4) is 0 Å². The van der Waals surface area contributed by atoms with Crippen LogP contribution in [0.4, 0.5) is 10.2 Å². The SMILES string of the molecule is CC1CN(c2ncnc3ccccc23)CC(c2ccc(F)cc2)O1. The molecule has 1 aliphatic rings. The lowest BCUT2D eigenvalue weighted by atomic mass is 10.1. The van der Waals surface area contributed by atoms with E-state index in [0.717, 1.165) is 28.8 Å². The highest BCUT2D eigenvalue weighted by Crippen LogP contribution is 2.30. The van der Waals surface area contributed by atoms with Crippen molar-refractivity contribution in [3.05, 3.63) is 66.2 Å². The van der Waals surface area contributed by atoms with E-state index in [0.29, 0.717) is 6.54 Å². The Bertz CT molecular complexity index is 847. The molecule has 0 N–H and O–H groups in total. The highest BCUT2D eigenvalue weighted by Gasteiger charge is 2.28. The van der Waals surface area contributed by atoms with Crippen LogP contribution >= 0.6 is 0 Å². The Labute approximate surface area is 139 Å². The van der Waals surface area contributed by atoms with Crippen molar-refractivity contribution in [2.24, 2.45) is 0 Å². The number of aromatic nitrogens is 2. The Morgan fingerprint density at radius 3 is 2.67 bits per heavy atom. The lowest BCUT2D eigenvalue weighted by Crippen LogP contribution is -2.43. The number of benzene rings is 2. The van der Waals surface area contributed by atoms with Crippen LogP contribution in [-0.2, 0) is 4.74 Å². The van der Waals surface area contributed by atoms with Gasteiger partial charge in [-0.1, -0.05) is 24.3 Å². The monoisotopic (exact) mass is 323 g/mol. The normalized spacial score (nSPS) is 21.2. The number of anilines is 1. The van der Waals surface area contributed by atoms with E-state index in [2.05, 4.69) is 14.9 Å². The maximum atomic E-state index is 13.2. The molecule has 122 valence electrons. The van der Waals surface area contributed by atoms with Gasteiger partial charge in [-0.05, 0) is 36.8 Å². The van der Waals surface area contributed by atoms with Gasteiger partial charge in [0, 0.05) is 18.5 Å². The number of rotatable bonds is 2. The first kappa shape index (κ1) is 15.0. The lowest BCUT2D eigenvalue weighted by molar-refractivity contribution is -0.0175. The number of nitrogens with zero attached hydrogens (tertiary/aromatic N) is 3. The van der Waals surface area contributed by atoms with Crippen LogP contribution in [-0.4, -0.2) is 29.2 Å². The first-order chi connectivity index (χ1) is 11.7. The maximum absolute atomic E-state index is 13.2. The molecule has 1 fully saturated rings. The quantitative estimate of drug-likeness (QED) is 0.720. The molecule has 2 atom stereocenters. The second-order valence-corrected chi connectivity index (χ2v) is 6.11. The predicted molar refractivity (Wildman–Crippen MR) is 91.4 cm³/mol. The number of ether oxygens (including phenoxy) is 1. The summed E-state index contributed by atoms with van der Waals surface area (Å²) in [7, 11) is 0. The number of hydrogen-bond acceptors (Lipinski definition) is 4. The molecule has 0 radical (unpaired) electrons. The fraction of sp³-hybridized carbons (Fsp3) is 0.263. The van der Waals surface area contributed by atoms with Gasteiger partial charge in [0.25, 0.3) is 0 Å². The van der Waals surface area contributed by atoms with E-state index >= 15 is 0 Å². The minimum atomic E-state index is -0.235. The topological polar surface area (TPSA) is 38.2 Å². The van der Waals surface area contributed by atoms with Crippen molar-refractivity contribution in [2.75, 3.05) is 18.0 Å². The standard InChI is InChI=1S/C19H18FN3O/c1-13-10-23(11-18(24-13)14-6-8-15(20)9-7-14)19-16-4-2-3-5-17(16)21-12-22-19/h2-9,12-13,18H,10-11H2,1H3. The summed E-state index contributed by atoms with van der Waals surface area (Å²) < 4.78 is 19.2. The molecule has 4 nitrogen and oxygen atoms in total. The van der Waals surface area contributed by atoms with Crippen LogP contribution in [0.25, 0.3) is 10.9 Å². The largest absolute Gasteiger partial charge is 0.367 e. The van der Waals surface area contributed by atoms with Gasteiger partial charge in [-0.15, -0.1) is 0 Å². The highest BCUT2D eigenvalue weighted by atomic mass is 19.1. The number of para-hydroxylation sites is 1. The third-order valence-electron chi connectivity index (χ3n) is 4.32. The maximum Gasteiger partial charge on any atom is 0.140 e. The van der Waals surface area contributed by atoms with E-state index in [1.807, 2.05) is 31.2 Å². The Hall–Kier alpha value is -2.53. The van der Waals surface area contributed by atoms with Crippen LogP contribution in [0, 0.1) is 5.82 Å². The molecule has 0 saturated carbocycles. The van der Waals surface area contributed by atoms with Crippen LogP contribution < -0.4 is 4.90 Å². The first-order valence-electron chi connectivity index (χ1n) is 8.06. The van der Waals surface area contributed by atoms with Gasteiger partial charge in [0.1, 0.15) is 24.1 Å². The summed E-state index contributed by atoms with van der Waals surface area (Å²) in [6.07, 6.45) is 1.55. The third-order valence-corrected chi connectivity index (χ3v) is 4.32. The van der Waals surface area contributed by atoms with Crippen molar-refractivity contribution in [1.82, 2.24) is 9.97 Å². The summed E-state index contributed by atoms with van der Waals surface area (Å²) in [6.45, 7) is 3.49. The van der Waals surface area contributed by atoms with Crippen LogP contribution in [0.2, 0.25) is 0 Å².